The number of hydrogen-bond donors (Lipinski definition) is 2. The van der Waals surface area contributed by atoms with Crippen LogP contribution >= 0.6 is 0 Å². The van der Waals surface area contributed by atoms with Crippen LogP contribution in [0.2, 0.25) is 0 Å². The Hall–Kier alpha value is -2.12. The van der Waals surface area contributed by atoms with Crippen molar-refractivity contribution in [2.45, 2.75) is 6.92 Å². The van der Waals surface area contributed by atoms with Gasteiger partial charge in [0.15, 0.2) is 0 Å². The summed E-state index contributed by atoms with van der Waals surface area (Å²) in [6.45, 7) is 2.32. The lowest BCUT2D eigenvalue weighted by Crippen LogP contribution is -2.29. The van der Waals surface area contributed by atoms with Gasteiger partial charge in [-0.05, 0) is 6.92 Å². The molecule has 1 amide bonds. The van der Waals surface area contributed by atoms with Gasteiger partial charge >= 0.3 is 6.01 Å². The van der Waals surface area contributed by atoms with Crippen LogP contribution in [0, 0.1) is 0 Å². The molecule has 1 heterocycles. The lowest BCUT2D eigenvalue weighted by atomic mass is 10.5. The Bertz CT molecular complexity index is 395. The van der Waals surface area contributed by atoms with Crippen molar-refractivity contribution in [3.8, 4) is 6.01 Å². The Labute approximate surface area is 99.2 Å². The number of nitrogens with one attached hydrogen (secondary N) is 1. The first-order valence-corrected chi connectivity index (χ1v) is 5.11. The largest absolute Gasteiger partial charge is 0.464 e. The van der Waals surface area contributed by atoms with Gasteiger partial charge in [-0.25, -0.2) is 0 Å². The van der Waals surface area contributed by atoms with Crippen LogP contribution < -0.4 is 15.8 Å². The van der Waals surface area contributed by atoms with E-state index < -0.39 is 0 Å². The smallest absolute Gasteiger partial charge is 0.323 e. The normalized spacial score (nSPS) is 9.82. The van der Waals surface area contributed by atoms with E-state index >= 15 is 0 Å². The fraction of sp³-hybridized carbons (Fsp3) is 0.556. The van der Waals surface area contributed by atoms with Gasteiger partial charge in [-0.3, -0.25) is 4.79 Å². The molecular weight excluding hydrogens is 224 g/mol. The second-order valence-electron chi connectivity index (χ2n) is 3.37. The molecule has 94 valence electrons. The molecule has 0 aliphatic heterocycles. The van der Waals surface area contributed by atoms with Crippen molar-refractivity contribution >= 4 is 17.8 Å². The minimum absolute atomic E-state index is 0.0447. The van der Waals surface area contributed by atoms with Gasteiger partial charge in [0.05, 0.1) is 13.2 Å². The third-order valence-corrected chi connectivity index (χ3v) is 1.80. The number of nitrogen functional groups attached to an aromatic ring is 1. The molecule has 0 aromatic carbocycles. The van der Waals surface area contributed by atoms with Crippen LogP contribution in [-0.4, -0.2) is 53.0 Å². The highest BCUT2D eigenvalue weighted by Crippen LogP contribution is 2.08. The molecule has 8 nitrogen and oxygen atoms in total. The molecule has 3 N–H and O–H groups in total. The van der Waals surface area contributed by atoms with Crippen molar-refractivity contribution in [3.05, 3.63) is 0 Å². The molecule has 0 saturated heterocycles. The topological polar surface area (TPSA) is 106 Å². The van der Waals surface area contributed by atoms with E-state index in [0.29, 0.717) is 6.61 Å². The molecular formula is C9H16N6O2. The molecule has 0 unspecified atom stereocenters. The molecule has 0 saturated carbocycles. The molecule has 17 heavy (non-hydrogen) atoms. The Balaban J connectivity index is 2.67. The van der Waals surface area contributed by atoms with Gasteiger partial charge in [0.2, 0.25) is 17.8 Å². The molecule has 0 atom stereocenters. The quantitative estimate of drug-likeness (QED) is 0.704. The summed E-state index contributed by atoms with van der Waals surface area (Å²) in [6, 6.07) is 0.139. The Morgan fingerprint density at radius 2 is 2.12 bits per heavy atom. The van der Waals surface area contributed by atoms with Gasteiger partial charge < -0.3 is 20.7 Å². The van der Waals surface area contributed by atoms with Crippen LogP contribution in [0.3, 0.4) is 0 Å². The van der Waals surface area contributed by atoms with Crippen molar-refractivity contribution < 1.29 is 9.53 Å². The summed E-state index contributed by atoms with van der Waals surface area (Å²) in [5.74, 6) is 0.168. The van der Waals surface area contributed by atoms with Crippen molar-refractivity contribution in [3.63, 3.8) is 0 Å². The van der Waals surface area contributed by atoms with E-state index in [9.17, 15) is 4.79 Å². The number of likely N-dealkylation sites (N-methyl/N-ethyl adjacent to an activating group) is 1. The van der Waals surface area contributed by atoms with Crippen LogP contribution in [0.1, 0.15) is 6.92 Å². The first-order chi connectivity index (χ1) is 8.02. The van der Waals surface area contributed by atoms with Crippen LogP contribution in [0.25, 0.3) is 0 Å². The van der Waals surface area contributed by atoms with Crippen molar-refractivity contribution in [1.82, 2.24) is 19.9 Å². The average molecular weight is 240 g/mol. The number of ether oxygens (including phenoxy) is 1. The molecule has 1 aromatic rings. The number of rotatable bonds is 5. The molecule has 0 aliphatic rings. The number of carbonyl (C=O) groups is 1. The summed E-state index contributed by atoms with van der Waals surface area (Å²) in [5.41, 5.74) is 5.48. The van der Waals surface area contributed by atoms with Crippen LogP contribution in [0.4, 0.5) is 11.9 Å². The Morgan fingerprint density at radius 3 is 2.71 bits per heavy atom. The molecule has 0 spiro atoms. The minimum atomic E-state index is -0.0954. The first-order valence-electron chi connectivity index (χ1n) is 5.11. The van der Waals surface area contributed by atoms with Crippen LogP contribution in [0.15, 0.2) is 0 Å². The number of amides is 1. The predicted molar refractivity (Wildman–Crippen MR) is 62.6 cm³/mol. The molecule has 1 rings (SSSR count). The summed E-state index contributed by atoms with van der Waals surface area (Å²) in [5, 5.41) is 2.75. The fourth-order valence-electron chi connectivity index (χ4n) is 0.958. The molecule has 8 heteroatoms. The van der Waals surface area contributed by atoms with Gasteiger partial charge in [0, 0.05) is 14.1 Å². The Kier molecular flexibility index (Phi) is 4.44. The highest BCUT2D eigenvalue weighted by atomic mass is 16.5. The summed E-state index contributed by atoms with van der Waals surface area (Å²) < 4.78 is 5.10. The number of hydrogen-bond acceptors (Lipinski definition) is 7. The van der Waals surface area contributed by atoms with Crippen molar-refractivity contribution in [1.29, 1.82) is 0 Å². The standard InChI is InChI=1S/C9H16N6O2/c1-4-17-9-13-7(10)12-8(14-9)11-5-6(16)15(2)3/h4-5H2,1-3H3,(H3,10,11,12,13,14). The van der Waals surface area contributed by atoms with E-state index in [1.807, 2.05) is 6.92 Å². The van der Waals surface area contributed by atoms with Crippen LogP contribution in [0.5, 0.6) is 6.01 Å². The number of nitrogens with two attached hydrogens (primary N) is 1. The summed E-state index contributed by atoms with van der Waals surface area (Å²) in [6.07, 6.45) is 0. The van der Waals surface area contributed by atoms with E-state index in [-0.39, 0.29) is 30.4 Å². The van der Waals surface area contributed by atoms with E-state index in [1.54, 1.807) is 14.1 Å². The third-order valence-electron chi connectivity index (χ3n) is 1.80. The summed E-state index contributed by atoms with van der Waals surface area (Å²) in [7, 11) is 3.33. The van der Waals surface area contributed by atoms with Gasteiger partial charge in [0.25, 0.3) is 0 Å². The van der Waals surface area contributed by atoms with Gasteiger partial charge in [0.1, 0.15) is 0 Å². The first kappa shape index (κ1) is 12.9. The van der Waals surface area contributed by atoms with Gasteiger partial charge in [-0.1, -0.05) is 0 Å². The zero-order valence-electron chi connectivity index (χ0n) is 10.1. The molecule has 0 aliphatic carbocycles. The van der Waals surface area contributed by atoms with Crippen molar-refractivity contribution in [2.24, 2.45) is 0 Å². The zero-order chi connectivity index (χ0) is 12.8. The lowest BCUT2D eigenvalue weighted by molar-refractivity contribution is -0.126. The SMILES string of the molecule is CCOc1nc(N)nc(NCC(=O)N(C)C)n1. The molecule has 1 aromatic heterocycles. The molecule has 0 fully saturated rings. The lowest BCUT2D eigenvalue weighted by Gasteiger charge is -2.11. The molecule has 0 bridgehead atoms. The predicted octanol–water partition coefficient (Wildman–Crippen LogP) is -0.647. The van der Waals surface area contributed by atoms with Crippen molar-refractivity contribution in [2.75, 3.05) is 38.3 Å². The van der Waals surface area contributed by atoms with Gasteiger partial charge in [-0.15, -0.1) is 0 Å². The second kappa shape index (κ2) is 5.83. The highest BCUT2D eigenvalue weighted by molar-refractivity contribution is 5.79. The highest BCUT2D eigenvalue weighted by Gasteiger charge is 2.07. The zero-order valence-corrected chi connectivity index (χ0v) is 10.1. The van der Waals surface area contributed by atoms with E-state index in [4.69, 9.17) is 10.5 Å². The van der Waals surface area contributed by atoms with Gasteiger partial charge in [-0.2, -0.15) is 15.0 Å². The summed E-state index contributed by atoms with van der Waals surface area (Å²) in [4.78, 5) is 24.4. The maximum atomic E-state index is 11.3. The van der Waals surface area contributed by atoms with E-state index in [2.05, 4.69) is 20.3 Å². The second-order valence-corrected chi connectivity index (χ2v) is 3.37. The number of anilines is 2. The minimum Gasteiger partial charge on any atom is -0.464 e. The Morgan fingerprint density at radius 1 is 1.41 bits per heavy atom. The fourth-order valence-corrected chi connectivity index (χ4v) is 0.958. The third kappa shape index (κ3) is 4.09. The van der Waals surface area contributed by atoms with E-state index in [1.165, 1.54) is 4.90 Å². The maximum Gasteiger partial charge on any atom is 0.323 e. The number of nitrogens with zero attached hydrogens (tertiary/aromatic N) is 4. The number of aromatic nitrogens is 3. The maximum absolute atomic E-state index is 11.3. The summed E-state index contributed by atoms with van der Waals surface area (Å²) >= 11 is 0. The van der Waals surface area contributed by atoms with Crippen LogP contribution in [-0.2, 0) is 4.79 Å². The number of carbonyl (C=O) groups excluding carboxylic acids is 1. The monoisotopic (exact) mass is 240 g/mol. The molecule has 0 radical (unpaired) electrons. The average Bonchev–Trinajstić information content (AvgIpc) is 2.25. The van der Waals surface area contributed by atoms with E-state index in [0.717, 1.165) is 0 Å².